The summed E-state index contributed by atoms with van der Waals surface area (Å²) in [5, 5.41) is 9.26. The summed E-state index contributed by atoms with van der Waals surface area (Å²) >= 11 is 0. The maximum absolute atomic E-state index is 11.8. The molecule has 1 atom stereocenters. The molecular weight excluding hydrogens is 284 g/mol. The zero-order chi connectivity index (χ0) is 15.9. The lowest BCUT2D eigenvalue weighted by atomic mass is 9.99. The van der Waals surface area contributed by atoms with Crippen LogP contribution >= 0.6 is 0 Å². The summed E-state index contributed by atoms with van der Waals surface area (Å²) in [7, 11) is 0. The van der Waals surface area contributed by atoms with Crippen LogP contribution in [0.2, 0.25) is 0 Å². The van der Waals surface area contributed by atoms with Crippen LogP contribution in [0.15, 0.2) is 54.6 Å². The number of hydrogen-bond acceptors (Lipinski definition) is 4. The van der Waals surface area contributed by atoms with Crippen LogP contribution in [0.1, 0.15) is 18.4 Å². The molecule has 0 aliphatic carbocycles. The summed E-state index contributed by atoms with van der Waals surface area (Å²) in [6, 6.07) is 15.5. The molecule has 0 bridgehead atoms. The number of para-hydroxylation sites is 1. The van der Waals surface area contributed by atoms with Gasteiger partial charge in [0.1, 0.15) is 11.5 Å². The van der Waals surface area contributed by atoms with Gasteiger partial charge in [0.05, 0.1) is 6.61 Å². The molecule has 0 spiro atoms. The highest BCUT2D eigenvalue weighted by atomic mass is 16.5. The first kappa shape index (κ1) is 15.6. The Balaban J connectivity index is 2.25. The van der Waals surface area contributed by atoms with Crippen LogP contribution < -0.4 is 4.74 Å². The summed E-state index contributed by atoms with van der Waals surface area (Å²) in [5.41, 5.74) is 0.319. The van der Waals surface area contributed by atoms with E-state index in [1.165, 1.54) is 6.07 Å². The second-order valence-corrected chi connectivity index (χ2v) is 4.51. The van der Waals surface area contributed by atoms with E-state index in [4.69, 9.17) is 9.47 Å². The molecule has 0 saturated carbocycles. The van der Waals surface area contributed by atoms with Gasteiger partial charge in [0, 0.05) is 0 Å². The molecule has 0 aliphatic rings. The summed E-state index contributed by atoms with van der Waals surface area (Å²) in [6.45, 7) is 1.76. The largest absolute Gasteiger partial charge is 0.480 e. The quantitative estimate of drug-likeness (QED) is 0.655. The van der Waals surface area contributed by atoms with E-state index in [2.05, 4.69) is 0 Å². The molecule has 0 fully saturated rings. The molecule has 2 aromatic carbocycles. The van der Waals surface area contributed by atoms with Gasteiger partial charge in [-0.1, -0.05) is 30.3 Å². The normalized spacial score (nSPS) is 11.5. The van der Waals surface area contributed by atoms with Gasteiger partial charge in [0.2, 0.25) is 0 Å². The van der Waals surface area contributed by atoms with Crippen molar-refractivity contribution in [2.45, 2.75) is 12.8 Å². The third-order valence-electron chi connectivity index (χ3n) is 2.94. The van der Waals surface area contributed by atoms with Crippen LogP contribution in [0.3, 0.4) is 0 Å². The minimum Gasteiger partial charge on any atom is -0.480 e. The minimum atomic E-state index is -1.36. The molecule has 114 valence electrons. The monoisotopic (exact) mass is 300 g/mol. The Kier molecular flexibility index (Phi) is 5.14. The highest BCUT2D eigenvalue weighted by molar-refractivity contribution is 6.00. The standard InChI is InChI=1S/C17H16O5/c1-2-21-17(20)15(16(18)19)12-7-6-10-14(11-12)22-13-8-4-3-5-9-13/h3-11,15H,2H2,1H3,(H,18,19). The van der Waals surface area contributed by atoms with Crippen molar-refractivity contribution in [1.82, 2.24) is 0 Å². The van der Waals surface area contributed by atoms with E-state index < -0.39 is 17.9 Å². The fourth-order valence-electron chi connectivity index (χ4n) is 1.99. The van der Waals surface area contributed by atoms with Crippen LogP contribution in [-0.4, -0.2) is 23.7 Å². The number of esters is 1. The van der Waals surface area contributed by atoms with E-state index in [0.717, 1.165) is 0 Å². The van der Waals surface area contributed by atoms with Crippen LogP contribution in [0, 0.1) is 0 Å². The van der Waals surface area contributed by atoms with E-state index in [1.807, 2.05) is 18.2 Å². The third-order valence-corrected chi connectivity index (χ3v) is 2.94. The average Bonchev–Trinajstić information content (AvgIpc) is 2.49. The second kappa shape index (κ2) is 7.26. The molecule has 2 aromatic rings. The molecule has 5 heteroatoms. The SMILES string of the molecule is CCOC(=O)C(C(=O)O)c1cccc(Oc2ccccc2)c1. The second-order valence-electron chi connectivity index (χ2n) is 4.51. The number of carbonyl (C=O) groups is 2. The van der Waals surface area contributed by atoms with Gasteiger partial charge < -0.3 is 14.6 Å². The topological polar surface area (TPSA) is 72.8 Å². The predicted octanol–water partition coefficient (Wildman–Crippen LogP) is 3.21. The predicted molar refractivity (Wildman–Crippen MR) is 80.0 cm³/mol. The smallest absolute Gasteiger partial charge is 0.324 e. The molecule has 0 amide bonds. The Labute approximate surface area is 128 Å². The molecule has 2 rings (SSSR count). The van der Waals surface area contributed by atoms with E-state index in [0.29, 0.717) is 17.1 Å². The molecule has 0 saturated heterocycles. The van der Waals surface area contributed by atoms with Crippen molar-refractivity contribution in [3.63, 3.8) is 0 Å². The number of ether oxygens (including phenoxy) is 2. The van der Waals surface area contributed by atoms with Crippen LogP contribution in [-0.2, 0) is 14.3 Å². The van der Waals surface area contributed by atoms with Crippen LogP contribution in [0.5, 0.6) is 11.5 Å². The number of rotatable bonds is 6. The summed E-state index contributed by atoms with van der Waals surface area (Å²) in [5.74, 6) is -2.32. The zero-order valence-electron chi connectivity index (χ0n) is 12.1. The van der Waals surface area contributed by atoms with Crippen molar-refractivity contribution in [2.75, 3.05) is 6.61 Å². The van der Waals surface area contributed by atoms with E-state index in [1.54, 1.807) is 37.3 Å². The van der Waals surface area contributed by atoms with Gasteiger partial charge in [0.25, 0.3) is 0 Å². The minimum absolute atomic E-state index is 0.128. The number of carboxylic acid groups (broad SMARTS) is 1. The van der Waals surface area contributed by atoms with Crippen LogP contribution in [0.4, 0.5) is 0 Å². The Morgan fingerprint density at radius 3 is 2.36 bits per heavy atom. The van der Waals surface area contributed by atoms with Gasteiger partial charge in [-0.3, -0.25) is 9.59 Å². The lowest BCUT2D eigenvalue weighted by Gasteiger charge is -2.13. The fourth-order valence-corrected chi connectivity index (χ4v) is 1.99. The maximum atomic E-state index is 11.8. The van der Waals surface area contributed by atoms with Gasteiger partial charge >= 0.3 is 11.9 Å². The molecule has 5 nitrogen and oxygen atoms in total. The van der Waals surface area contributed by atoms with Crippen molar-refractivity contribution in [2.24, 2.45) is 0 Å². The van der Waals surface area contributed by atoms with Gasteiger partial charge in [-0.25, -0.2) is 0 Å². The first-order valence-electron chi connectivity index (χ1n) is 6.84. The van der Waals surface area contributed by atoms with E-state index >= 15 is 0 Å². The van der Waals surface area contributed by atoms with Crippen molar-refractivity contribution in [3.8, 4) is 11.5 Å². The van der Waals surface area contributed by atoms with Gasteiger partial charge in [-0.2, -0.15) is 0 Å². The Hall–Kier alpha value is -2.82. The molecule has 22 heavy (non-hydrogen) atoms. The first-order valence-corrected chi connectivity index (χ1v) is 6.84. The van der Waals surface area contributed by atoms with Crippen molar-refractivity contribution in [3.05, 3.63) is 60.2 Å². The summed E-state index contributed by atoms with van der Waals surface area (Å²) < 4.78 is 10.5. The van der Waals surface area contributed by atoms with E-state index in [-0.39, 0.29) is 6.61 Å². The third kappa shape index (κ3) is 3.85. The number of hydrogen-bond donors (Lipinski definition) is 1. The number of benzene rings is 2. The lowest BCUT2D eigenvalue weighted by molar-refractivity contribution is -0.153. The highest BCUT2D eigenvalue weighted by Gasteiger charge is 2.29. The first-order chi connectivity index (χ1) is 10.6. The van der Waals surface area contributed by atoms with Gasteiger partial charge in [-0.15, -0.1) is 0 Å². The lowest BCUT2D eigenvalue weighted by Crippen LogP contribution is -2.23. The number of carboxylic acids is 1. The summed E-state index contributed by atoms with van der Waals surface area (Å²) in [4.78, 5) is 23.2. The van der Waals surface area contributed by atoms with Crippen molar-refractivity contribution >= 4 is 11.9 Å². The molecule has 0 heterocycles. The fraction of sp³-hybridized carbons (Fsp3) is 0.176. The average molecular weight is 300 g/mol. The molecule has 0 aliphatic heterocycles. The Morgan fingerprint density at radius 2 is 1.73 bits per heavy atom. The maximum Gasteiger partial charge on any atom is 0.324 e. The molecular formula is C17H16O5. The number of carbonyl (C=O) groups excluding carboxylic acids is 1. The Bertz CT molecular complexity index is 651. The van der Waals surface area contributed by atoms with Gasteiger partial charge in [0.15, 0.2) is 5.92 Å². The molecule has 1 unspecified atom stereocenters. The highest BCUT2D eigenvalue weighted by Crippen LogP contribution is 2.26. The van der Waals surface area contributed by atoms with Crippen molar-refractivity contribution in [1.29, 1.82) is 0 Å². The van der Waals surface area contributed by atoms with E-state index in [9.17, 15) is 14.7 Å². The molecule has 0 aromatic heterocycles. The zero-order valence-corrected chi connectivity index (χ0v) is 12.1. The summed E-state index contributed by atoms with van der Waals surface area (Å²) in [6.07, 6.45) is 0. The van der Waals surface area contributed by atoms with Crippen LogP contribution in [0.25, 0.3) is 0 Å². The van der Waals surface area contributed by atoms with Crippen molar-refractivity contribution < 1.29 is 24.2 Å². The van der Waals surface area contributed by atoms with Gasteiger partial charge in [-0.05, 0) is 36.8 Å². The Morgan fingerprint density at radius 1 is 1.05 bits per heavy atom. The molecule has 0 radical (unpaired) electrons. The number of aliphatic carboxylic acids is 1. The molecule has 1 N–H and O–H groups in total.